The topological polar surface area (TPSA) is 57.0 Å². The first-order valence-corrected chi connectivity index (χ1v) is 4.82. The molecule has 0 radical (unpaired) electrons. The molecular weight excluding hydrogens is 209 g/mol. The summed E-state index contributed by atoms with van der Waals surface area (Å²) in [5.74, 6) is -1.34. The first kappa shape index (κ1) is 12.1. The van der Waals surface area contributed by atoms with Crippen LogP contribution in [0.25, 0.3) is 0 Å². The second-order valence-electron chi connectivity index (χ2n) is 3.56. The molecule has 16 heavy (non-hydrogen) atoms. The quantitative estimate of drug-likeness (QED) is 0.726. The van der Waals surface area contributed by atoms with Crippen molar-refractivity contribution < 1.29 is 9.18 Å². The molecule has 0 spiro atoms. The van der Waals surface area contributed by atoms with Gasteiger partial charge in [-0.1, -0.05) is 6.07 Å². The molecule has 1 amide bonds. The Morgan fingerprint density at radius 3 is 2.94 bits per heavy atom. The third kappa shape index (κ3) is 3.02. The molecule has 0 saturated carbocycles. The molecule has 4 nitrogen and oxygen atoms in total. The molecule has 1 aromatic rings. The average molecular weight is 221 g/mol. The van der Waals surface area contributed by atoms with Gasteiger partial charge < -0.3 is 4.90 Å². The molecule has 0 bridgehead atoms. The van der Waals surface area contributed by atoms with Crippen molar-refractivity contribution in [2.24, 2.45) is 5.92 Å². The van der Waals surface area contributed by atoms with Crippen LogP contribution in [0.3, 0.4) is 0 Å². The highest BCUT2D eigenvalue weighted by Crippen LogP contribution is 2.04. The lowest BCUT2D eigenvalue weighted by molar-refractivity contribution is 0.0778. The Morgan fingerprint density at radius 1 is 1.69 bits per heavy atom. The Morgan fingerprint density at radius 2 is 2.38 bits per heavy atom. The van der Waals surface area contributed by atoms with E-state index in [0.29, 0.717) is 6.54 Å². The van der Waals surface area contributed by atoms with Gasteiger partial charge in [0.25, 0.3) is 5.91 Å². The maximum atomic E-state index is 12.8. The van der Waals surface area contributed by atoms with Gasteiger partial charge in [0.05, 0.1) is 12.0 Å². The number of amides is 1. The van der Waals surface area contributed by atoms with Crippen LogP contribution < -0.4 is 0 Å². The van der Waals surface area contributed by atoms with E-state index >= 15 is 0 Å². The summed E-state index contributed by atoms with van der Waals surface area (Å²) in [5, 5.41) is 8.62. The lowest BCUT2D eigenvalue weighted by atomic mass is 10.2. The smallest absolute Gasteiger partial charge is 0.272 e. The van der Waals surface area contributed by atoms with E-state index in [9.17, 15) is 9.18 Å². The third-order valence-electron chi connectivity index (χ3n) is 2.05. The van der Waals surface area contributed by atoms with E-state index in [4.69, 9.17) is 5.26 Å². The molecule has 0 fully saturated rings. The van der Waals surface area contributed by atoms with E-state index in [1.165, 1.54) is 23.1 Å². The van der Waals surface area contributed by atoms with Crippen molar-refractivity contribution >= 4 is 5.91 Å². The number of carbonyl (C=O) groups is 1. The highest BCUT2D eigenvalue weighted by molar-refractivity contribution is 5.92. The molecule has 1 aromatic heterocycles. The number of carbonyl (C=O) groups excluding carboxylic acids is 1. The predicted octanol–water partition coefficient (Wildman–Crippen LogP) is 1.45. The number of nitrogens with zero attached hydrogens (tertiary/aromatic N) is 3. The summed E-state index contributed by atoms with van der Waals surface area (Å²) in [7, 11) is 1.56. The third-order valence-corrected chi connectivity index (χ3v) is 2.05. The van der Waals surface area contributed by atoms with Crippen molar-refractivity contribution in [2.75, 3.05) is 13.6 Å². The molecular formula is C11H12FN3O. The molecule has 0 aliphatic rings. The van der Waals surface area contributed by atoms with Gasteiger partial charge in [-0.2, -0.15) is 9.65 Å². The highest BCUT2D eigenvalue weighted by atomic mass is 19.1. The molecule has 1 heterocycles. The molecule has 1 rings (SSSR count). The molecule has 84 valence electrons. The van der Waals surface area contributed by atoms with E-state index in [0.717, 1.165) is 0 Å². The molecule has 1 unspecified atom stereocenters. The predicted molar refractivity (Wildman–Crippen MR) is 55.9 cm³/mol. The minimum Gasteiger partial charge on any atom is -0.339 e. The Hall–Kier alpha value is -1.96. The molecule has 0 aromatic carbocycles. The highest BCUT2D eigenvalue weighted by Gasteiger charge is 2.15. The monoisotopic (exact) mass is 221 g/mol. The van der Waals surface area contributed by atoms with E-state index in [1.54, 1.807) is 14.0 Å². The fraction of sp³-hybridized carbons (Fsp3) is 0.364. The zero-order valence-electron chi connectivity index (χ0n) is 9.14. The Kier molecular flexibility index (Phi) is 3.95. The van der Waals surface area contributed by atoms with Gasteiger partial charge >= 0.3 is 0 Å². The van der Waals surface area contributed by atoms with E-state index in [1.807, 2.05) is 6.07 Å². The standard InChI is InChI=1S/C11H12FN3O/c1-8(6-13)7-15(2)11(16)9-4-3-5-10(12)14-9/h3-5,8H,7H2,1-2H3. The second kappa shape index (κ2) is 5.21. The number of hydrogen-bond acceptors (Lipinski definition) is 3. The number of halogens is 1. The average Bonchev–Trinajstić information content (AvgIpc) is 2.27. The summed E-state index contributed by atoms with van der Waals surface area (Å²) in [6, 6.07) is 6.07. The molecule has 0 aliphatic carbocycles. The van der Waals surface area contributed by atoms with Crippen LogP contribution in [0, 0.1) is 23.2 Å². The van der Waals surface area contributed by atoms with Crippen LogP contribution in [0.1, 0.15) is 17.4 Å². The van der Waals surface area contributed by atoms with Crippen LogP contribution in [-0.4, -0.2) is 29.4 Å². The molecule has 5 heteroatoms. The maximum Gasteiger partial charge on any atom is 0.272 e. The van der Waals surface area contributed by atoms with Crippen molar-refractivity contribution in [1.29, 1.82) is 5.26 Å². The van der Waals surface area contributed by atoms with Crippen LogP contribution in [0.2, 0.25) is 0 Å². The van der Waals surface area contributed by atoms with Crippen molar-refractivity contribution in [3.63, 3.8) is 0 Å². The number of rotatable bonds is 3. The largest absolute Gasteiger partial charge is 0.339 e. The SMILES string of the molecule is CC(C#N)CN(C)C(=O)c1cccc(F)n1. The van der Waals surface area contributed by atoms with Gasteiger partial charge in [-0.15, -0.1) is 0 Å². The summed E-state index contributed by atoms with van der Waals surface area (Å²) in [4.78, 5) is 16.6. The van der Waals surface area contributed by atoms with Crippen LogP contribution in [0.4, 0.5) is 4.39 Å². The molecule has 0 aliphatic heterocycles. The summed E-state index contributed by atoms with van der Waals surface area (Å²) in [6.07, 6.45) is 0. The first-order chi connectivity index (χ1) is 7.54. The summed E-state index contributed by atoms with van der Waals surface area (Å²) in [5.41, 5.74) is 0.0487. The van der Waals surface area contributed by atoms with Crippen molar-refractivity contribution in [1.82, 2.24) is 9.88 Å². The van der Waals surface area contributed by atoms with Crippen molar-refractivity contribution in [3.8, 4) is 6.07 Å². The molecule has 0 saturated heterocycles. The fourth-order valence-corrected chi connectivity index (χ4v) is 1.26. The number of nitriles is 1. The summed E-state index contributed by atoms with van der Waals surface area (Å²) < 4.78 is 12.8. The zero-order chi connectivity index (χ0) is 12.1. The fourth-order valence-electron chi connectivity index (χ4n) is 1.26. The normalized spacial score (nSPS) is 11.6. The van der Waals surface area contributed by atoms with Crippen molar-refractivity contribution in [2.45, 2.75) is 6.92 Å². The second-order valence-corrected chi connectivity index (χ2v) is 3.56. The number of hydrogen-bond donors (Lipinski definition) is 0. The van der Waals surface area contributed by atoms with E-state index in [2.05, 4.69) is 4.98 Å². The lowest BCUT2D eigenvalue weighted by Crippen LogP contribution is -2.31. The minimum absolute atomic E-state index is 0.0487. The van der Waals surface area contributed by atoms with Gasteiger partial charge in [-0.05, 0) is 19.1 Å². The van der Waals surface area contributed by atoms with E-state index in [-0.39, 0.29) is 17.5 Å². The van der Waals surface area contributed by atoms with Crippen LogP contribution in [0.15, 0.2) is 18.2 Å². The van der Waals surface area contributed by atoms with Gasteiger partial charge in [-0.25, -0.2) is 4.98 Å². The van der Waals surface area contributed by atoms with Gasteiger partial charge in [0.2, 0.25) is 5.95 Å². The Bertz CT molecular complexity index is 427. The minimum atomic E-state index is -0.687. The first-order valence-electron chi connectivity index (χ1n) is 4.82. The van der Waals surface area contributed by atoms with E-state index < -0.39 is 5.95 Å². The number of aromatic nitrogens is 1. The molecule has 0 N–H and O–H groups in total. The van der Waals surface area contributed by atoms with Gasteiger partial charge in [0.1, 0.15) is 5.69 Å². The molecule has 1 atom stereocenters. The Balaban J connectivity index is 2.75. The van der Waals surface area contributed by atoms with Crippen molar-refractivity contribution in [3.05, 3.63) is 29.8 Å². The summed E-state index contributed by atoms with van der Waals surface area (Å²) in [6.45, 7) is 2.01. The maximum absolute atomic E-state index is 12.8. The number of pyridine rings is 1. The van der Waals surface area contributed by atoms with Crippen LogP contribution in [0.5, 0.6) is 0 Å². The lowest BCUT2D eigenvalue weighted by Gasteiger charge is -2.17. The Labute approximate surface area is 93.3 Å². The summed E-state index contributed by atoms with van der Waals surface area (Å²) >= 11 is 0. The van der Waals surface area contributed by atoms with Gasteiger partial charge in [0, 0.05) is 13.6 Å². The van der Waals surface area contributed by atoms with Gasteiger partial charge in [0.15, 0.2) is 0 Å². The van der Waals surface area contributed by atoms with Crippen LogP contribution >= 0.6 is 0 Å². The zero-order valence-corrected chi connectivity index (χ0v) is 9.14. The van der Waals surface area contributed by atoms with Gasteiger partial charge in [-0.3, -0.25) is 4.79 Å². The van der Waals surface area contributed by atoms with Crippen LogP contribution in [-0.2, 0) is 0 Å².